The number of ketones is 1. The van der Waals surface area contributed by atoms with Crippen LogP contribution in [0.3, 0.4) is 0 Å². The largest absolute Gasteiger partial charge is 0.378 e. The van der Waals surface area contributed by atoms with E-state index < -0.39 is 0 Å². The molecule has 1 fully saturated rings. The standard InChI is InChI=1S/C10H18N2O3/c1-11-8-9(13)2-3-10(14)12-4-6-15-7-5-12/h11H,2-8H2,1H3. The topological polar surface area (TPSA) is 58.6 Å². The Kier molecular flexibility index (Phi) is 5.28. The van der Waals surface area contributed by atoms with E-state index >= 15 is 0 Å². The van der Waals surface area contributed by atoms with E-state index in [9.17, 15) is 9.59 Å². The molecule has 1 aliphatic rings. The van der Waals surface area contributed by atoms with Crippen LogP contribution in [0.5, 0.6) is 0 Å². The molecule has 86 valence electrons. The summed E-state index contributed by atoms with van der Waals surface area (Å²) in [6, 6.07) is 0. The summed E-state index contributed by atoms with van der Waals surface area (Å²) in [5.74, 6) is 0.141. The highest BCUT2D eigenvalue weighted by molar-refractivity contribution is 5.86. The van der Waals surface area contributed by atoms with E-state index in [0.29, 0.717) is 45.7 Å². The van der Waals surface area contributed by atoms with Gasteiger partial charge in [0.1, 0.15) is 5.78 Å². The zero-order valence-corrected chi connectivity index (χ0v) is 9.12. The average Bonchev–Trinajstić information content (AvgIpc) is 2.27. The number of likely N-dealkylation sites (N-methyl/N-ethyl adjacent to an activating group) is 1. The molecule has 1 aliphatic heterocycles. The Labute approximate surface area is 89.8 Å². The summed E-state index contributed by atoms with van der Waals surface area (Å²) in [6.45, 7) is 2.86. The molecule has 0 spiro atoms. The van der Waals surface area contributed by atoms with Crippen LogP contribution in [-0.2, 0) is 14.3 Å². The number of hydrogen-bond donors (Lipinski definition) is 1. The predicted octanol–water partition coefficient (Wildman–Crippen LogP) is -0.586. The third-order valence-corrected chi connectivity index (χ3v) is 2.36. The molecule has 15 heavy (non-hydrogen) atoms. The smallest absolute Gasteiger partial charge is 0.223 e. The second kappa shape index (κ2) is 6.53. The Morgan fingerprint density at radius 1 is 1.27 bits per heavy atom. The quantitative estimate of drug-likeness (QED) is 0.665. The van der Waals surface area contributed by atoms with Crippen LogP contribution in [0.1, 0.15) is 12.8 Å². The van der Waals surface area contributed by atoms with Crippen LogP contribution in [0.4, 0.5) is 0 Å². The van der Waals surface area contributed by atoms with Gasteiger partial charge in [-0.15, -0.1) is 0 Å². The van der Waals surface area contributed by atoms with Crippen LogP contribution in [0.2, 0.25) is 0 Å². The second-order valence-corrected chi connectivity index (χ2v) is 3.56. The van der Waals surface area contributed by atoms with Crippen molar-refractivity contribution in [2.45, 2.75) is 12.8 Å². The molecule has 1 saturated heterocycles. The average molecular weight is 214 g/mol. The van der Waals surface area contributed by atoms with Crippen LogP contribution in [0.15, 0.2) is 0 Å². The summed E-state index contributed by atoms with van der Waals surface area (Å²) >= 11 is 0. The van der Waals surface area contributed by atoms with Gasteiger partial charge in [-0.1, -0.05) is 0 Å². The van der Waals surface area contributed by atoms with Gasteiger partial charge in [0.05, 0.1) is 19.8 Å². The predicted molar refractivity (Wildman–Crippen MR) is 55.6 cm³/mol. The number of carbonyl (C=O) groups is 2. The Bertz CT molecular complexity index is 225. The molecule has 0 saturated carbocycles. The number of carbonyl (C=O) groups excluding carboxylic acids is 2. The highest BCUT2D eigenvalue weighted by atomic mass is 16.5. The molecule has 1 amide bonds. The molecule has 0 aromatic rings. The first-order valence-electron chi connectivity index (χ1n) is 5.26. The summed E-state index contributed by atoms with van der Waals surface area (Å²) in [6.07, 6.45) is 0.650. The lowest BCUT2D eigenvalue weighted by Gasteiger charge is -2.26. The van der Waals surface area contributed by atoms with Gasteiger partial charge in [0.15, 0.2) is 0 Å². The van der Waals surface area contributed by atoms with Crippen molar-refractivity contribution in [2.75, 3.05) is 39.9 Å². The maximum atomic E-state index is 11.6. The molecule has 0 aliphatic carbocycles. The van der Waals surface area contributed by atoms with Crippen LogP contribution in [0, 0.1) is 0 Å². The van der Waals surface area contributed by atoms with Gasteiger partial charge in [-0.25, -0.2) is 0 Å². The van der Waals surface area contributed by atoms with Crippen molar-refractivity contribution >= 4 is 11.7 Å². The fraction of sp³-hybridized carbons (Fsp3) is 0.800. The molecule has 0 aromatic carbocycles. The van der Waals surface area contributed by atoms with E-state index in [1.165, 1.54) is 0 Å². The molecule has 0 unspecified atom stereocenters. The molecule has 5 heteroatoms. The van der Waals surface area contributed by atoms with Crippen LogP contribution in [0.25, 0.3) is 0 Å². The number of ether oxygens (including phenoxy) is 1. The van der Waals surface area contributed by atoms with E-state index in [1.54, 1.807) is 11.9 Å². The lowest BCUT2D eigenvalue weighted by Crippen LogP contribution is -2.40. The van der Waals surface area contributed by atoms with Gasteiger partial charge in [-0.2, -0.15) is 0 Å². The Hall–Kier alpha value is -0.940. The minimum atomic E-state index is 0.0581. The minimum Gasteiger partial charge on any atom is -0.378 e. The maximum Gasteiger partial charge on any atom is 0.223 e. The van der Waals surface area contributed by atoms with Crippen molar-refractivity contribution in [3.63, 3.8) is 0 Å². The summed E-state index contributed by atoms with van der Waals surface area (Å²) in [5.41, 5.74) is 0. The molecule has 0 bridgehead atoms. The summed E-state index contributed by atoms with van der Waals surface area (Å²) in [4.78, 5) is 24.5. The highest BCUT2D eigenvalue weighted by Gasteiger charge is 2.17. The Morgan fingerprint density at radius 2 is 1.93 bits per heavy atom. The van der Waals surface area contributed by atoms with Crippen molar-refractivity contribution in [2.24, 2.45) is 0 Å². The van der Waals surface area contributed by atoms with Gasteiger partial charge in [-0.05, 0) is 7.05 Å². The molecule has 1 rings (SSSR count). The van der Waals surface area contributed by atoms with Crippen LogP contribution < -0.4 is 5.32 Å². The molecule has 0 atom stereocenters. The molecular formula is C10H18N2O3. The first-order chi connectivity index (χ1) is 7.24. The van der Waals surface area contributed by atoms with Crippen LogP contribution >= 0.6 is 0 Å². The summed E-state index contributed by atoms with van der Waals surface area (Å²) in [5, 5.41) is 2.78. The van der Waals surface area contributed by atoms with Gasteiger partial charge in [0, 0.05) is 25.9 Å². The zero-order valence-electron chi connectivity index (χ0n) is 9.12. The van der Waals surface area contributed by atoms with Crippen molar-refractivity contribution in [1.29, 1.82) is 0 Å². The lowest BCUT2D eigenvalue weighted by atomic mass is 10.2. The molecule has 0 radical (unpaired) electrons. The highest BCUT2D eigenvalue weighted by Crippen LogP contribution is 2.02. The van der Waals surface area contributed by atoms with Crippen molar-refractivity contribution in [1.82, 2.24) is 10.2 Å². The fourth-order valence-electron chi connectivity index (χ4n) is 1.50. The van der Waals surface area contributed by atoms with Gasteiger partial charge in [0.2, 0.25) is 5.91 Å². The Morgan fingerprint density at radius 3 is 2.53 bits per heavy atom. The normalized spacial score (nSPS) is 16.5. The number of rotatable bonds is 5. The van der Waals surface area contributed by atoms with Crippen LogP contribution in [-0.4, -0.2) is 56.5 Å². The SMILES string of the molecule is CNCC(=O)CCC(=O)N1CCOCC1. The lowest BCUT2D eigenvalue weighted by molar-refractivity contribution is -0.136. The van der Waals surface area contributed by atoms with Gasteiger partial charge >= 0.3 is 0 Å². The number of nitrogens with zero attached hydrogens (tertiary/aromatic N) is 1. The van der Waals surface area contributed by atoms with Gasteiger partial charge < -0.3 is 15.0 Å². The monoisotopic (exact) mass is 214 g/mol. The van der Waals surface area contributed by atoms with Crippen molar-refractivity contribution in [3.8, 4) is 0 Å². The number of nitrogens with one attached hydrogen (secondary N) is 1. The van der Waals surface area contributed by atoms with Crippen molar-refractivity contribution in [3.05, 3.63) is 0 Å². The third-order valence-electron chi connectivity index (χ3n) is 2.36. The number of hydrogen-bond acceptors (Lipinski definition) is 4. The maximum absolute atomic E-state index is 11.6. The zero-order chi connectivity index (χ0) is 11.1. The number of amides is 1. The first kappa shape index (κ1) is 12.1. The van der Waals surface area contributed by atoms with Gasteiger partial charge in [0.25, 0.3) is 0 Å². The van der Waals surface area contributed by atoms with E-state index in [2.05, 4.69) is 5.32 Å². The molecule has 0 aromatic heterocycles. The van der Waals surface area contributed by atoms with Gasteiger partial charge in [-0.3, -0.25) is 9.59 Å². The molecule has 5 nitrogen and oxygen atoms in total. The minimum absolute atomic E-state index is 0.0581. The Balaban J connectivity index is 2.19. The number of morpholine rings is 1. The van der Waals surface area contributed by atoms with Crippen molar-refractivity contribution < 1.29 is 14.3 Å². The third kappa shape index (κ3) is 4.40. The van der Waals surface area contributed by atoms with E-state index in [0.717, 1.165) is 0 Å². The second-order valence-electron chi connectivity index (χ2n) is 3.56. The molecule has 1 heterocycles. The summed E-state index contributed by atoms with van der Waals surface area (Å²) in [7, 11) is 1.72. The molecular weight excluding hydrogens is 196 g/mol. The molecule has 1 N–H and O–H groups in total. The van der Waals surface area contributed by atoms with E-state index in [1.807, 2.05) is 0 Å². The number of Topliss-reactive ketones (excluding diaryl/α,β-unsaturated/α-hetero) is 1. The first-order valence-corrected chi connectivity index (χ1v) is 5.26. The fourth-order valence-corrected chi connectivity index (χ4v) is 1.50. The van der Waals surface area contributed by atoms with E-state index in [-0.39, 0.29) is 11.7 Å². The summed E-state index contributed by atoms with van der Waals surface area (Å²) < 4.78 is 5.14. The van der Waals surface area contributed by atoms with E-state index in [4.69, 9.17) is 4.74 Å².